The van der Waals surface area contributed by atoms with Crippen LogP contribution in [0.15, 0.2) is 0 Å². The molecule has 0 saturated heterocycles. The van der Waals surface area contributed by atoms with Gasteiger partial charge in [-0.05, 0) is 39.0 Å². The lowest BCUT2D eigenvalue weighted by Crippen LogP contribution is -2.46. The highest BCUT2D eigenvalue weighted by atomic mass is 16.3. The molecule has 18 heavy (non-hydrogen) atoms. The van der Waals surface area contributed by atoms with Crippen molar-refractivity contribution in [1.82, 2.24) is 4.90 Å². The van der Waals surface area contributed by atoms with Crippen molar-refractivity contribution >= 4 is 5.91 Å². The molecule has 0 radical (unpaired) electrons. The number of carbonyl (C=O) groups excluding carboxylic acids is 1. The van der Waals surface area contributed by atoms with Crippen molar-refractivity contribution in [3.63, 3.8) is 0 Å². The summed E-state index contributed by atoms with van der Waals surface area (Å²) < 4.78 is 0. The number of aliphatic hydroxyl groups is 1. The van der Waals surface area contributed by atoms with E-state index in [0.29, 0.717) is 12.5 Å². The standard InChI is InChI=1S/C15H29NO2/c1-12(2)10-15(8-6-7-9-15)13(17)16(5)11-14(3,4)18/h12,18H,6-11H2,1-5H3. The minimum Gasteiger partial charge on any atom is -0.389 e. The molecule has 0 heterocycles. The van der Waals surface area contributed by atoms with Gasteiger partial charge in [0.1, 0.15) is 0 Å². The van der Waals surface area contributed by atoms with Crippen LogP contribution in [0.1, 0.15) is 59.8 Å². The van der Waals surface area contributed by atoms with Crippen molar-refractivity contribution in [2.24, 2.45) is 11.3 Å². The Bertz CT molecular complexity index is 285. The third-order valence-electron chi connectivity index (χ3n) is 3.78. The first-order valence-corrected chi connectivity index (χ1v) is 7.14. The van der Waals surface area contributed by atoms with Gasteiger partial charge in [0.15, 0.2) is 0 Å². The lowest BCUT2D eigenvalue weighted by molar-refractivity contribution is -0.144. The smallest absolute Gasteiger partial charge is 0.228 e. The second-order valence-corrected chi connectivity index (χ2v) is 7.06. The molecule has 0 aromatic carbocycles. The van der Waals surface area contributed by atoms with Crippen molar-refractivity contribution in [2.75, 3.05) is 13.6 Å². The van der Waals surface area contributed by atoms with Gasteiger partial charge in [-0.25, -0.2) is 0 Å². The van der Waals surface area contributed by atoms with Crippen LogP contribution in [0.2, 0.25) is 0 Å². The average Bonchev–Trinajstić information content (AvgIpc) is 2.62. The summed E-state index contributed by atoms with van der Waals surface area (Å²) >= 11 is 0. The van der Waals surface area contributed by atoms with Gasteiger partial charge in [-0.1, -0.05) is 26.7 Å². The van der Waals surface area contributed by atoms with Crippen LogP contribution in [-0.4, -0.2) is 35.1 Å². The Morgan fingerprint density at radius 1 is 1.33 bits per heavy atom. The highest BCUT2D eigenvalue weighted by Gasteiger charge is 2.43. The van der Waals surface area contributed by atoms with E-state index in [-0.39, 0.29) is 11.3 Å². The van der Waals surface area contributed by atoms with Gasteiger partial charge in [0.05, 0.1) is 5.60 Å². The third kappa shape index (κ3) is 3.98. The fraction of sp³-hybridized carbons (Fsp3) is 0.933. The lowest BCUT2D eigenvalue weighted by Gasteiger charge is -2.36. The largest absolute Gasteiger partial charge is 0.389 e. The molecule has 0 bridgehead atoms. The molecule has 3 heteroatoms. The van der Waals surface area contributed by atoms with Crippen molar-refractivity contribution in [1.29, 1.82) is 0 Å². The van der Waals surface area contributed by atoms with E-state index in [1.807, 2.05) is 7.05 Å². The van der Waals surface area contributed by atoms with E-state index in [1.54, 1.807) is 18.7 Å². The molecule has 1 N–H and O–H groups in total. The Morgan fingerprint density at radius 3 is 2.22 bits per heavy atom. The summed E-state index contributed by atoms with van der Waals surface area (Å²) in [5, 5.41) is 9.85. The number of carbonyl (C=O) groups is 1. The summed E-state index contributed by atoms with van der Waals surface area (Å²) in [5.41, 5.74) is -0.976. The molecule has 1 saturated carbocycles. The van der Waals surface area contributed by atoms with E-state index >= 15 is 0 Å². The lowest BCUT2D eigenvalue weighted by atomic mass is 9.77. The van der Waals surface area contributed by atoms with Crippen LogP contribution in [-0.2, 0) is 4.79 Å². The summed E-state index contributed by atoms with van der Waals surface area (Å²) in [4.78, 5) is 14.4. The van der Waals surface area contributed by atoms with Gasteiger partial charge in [-0.3, -0.25) is 4.79 Å². The van der Waals surface area contributed by atoms with Gasteiger partial charge in [0, 0.05) is 19.0 Å². The second-order valence-electron chi connectivity index (χ2n) is 7.06. The molecule has 0 spiro atoms. The van der Waals surface area contributed by atoms with Crippen LogP contribution in [0.5, 0.6) is 0 Å². The van der Waals surface area contributed by atoms with Gasteiger partial charge in [-0.2, -0.15) is 0 Å². The summed E-state index contributed by atoms with van der Waals surface area (Å²) in [5.74, 6) is 0.776. The molecule has 0 aromatic heterocycles. The Kier molecular flexibility index (Phi) is 4.82. The number of likely N-dealkylation sites (N-methyl/N-ethyl adjacent to an activating group) is 1. The molecule has 3 nitrogen and oxygen atoms in total. The Morgan fingerprint density at radius 2 is 1.83 bits per heavy atom. The zero-order valence-corrected chi connectivity index (χ0v) is 12.6. The van der Waals surface area contributed by atoms with Crippen molar-refractivity contribution in [3.8, 4) is 0 Å². The van der Waals surface area contributed by atoms with Gasteiger partial charge in [-0.15, -0.1) is 0 Å². The average molecular weight is 255 g/mol. The number of amides is 1. The fourth-order valence-electron chi connectivity index (χ4n) is 3.40. The van der Waals surface area contributed by atoms with Crippen LogP contribution in [0, 0.1) is 11.3 Å². The summed E-state index contributed by atoms with van der Waals surface area (Å²) in [6.45, 7) is 8.28. The predicted molar refractivity (Wildman–Crippen MR) is 74.3 cm³/mol. The summed E-state index contributed by atoms with van der Waals surface area (Å²) in [7, 11) is 1.82. The minimum absolute atomic E-state index is 0.159. The molecule has 1 aliphatic carbocycles. The van der Waals surface area contributed by atoms with E-state index in [2.05, 4.69) is 13.8 Å². The molecule has 0 aromatic rings. The third-order valence-corrected chi connectivity index (χ3v) is 3.78. The maximum absolute atomic E-state index is 12.7. The molecular weight excluding hydrogens is 226 g/mol. The highest BCUT2D eigenvalue weighted by Crippen LogP contribution is 2.44. The fourth-order valence-corrected chi connectivity index (χ4v) is 3.40. The van der Waals surface area contributed by atoms with Crippen LogP contribution in [0.4, 0.5) is 0 Å². The SMILES string of the molecule is CC(C)CC1(C(=O)N(C)CC(C)(C)O)CCCC1. The number of rotatable bonds is 5. The topological polar surface area (TPSA) is 40.5 Å². The van der Waals surface area contributed by atoms with Gasteiger partial charge in [0.2, 0.25) is 5.91 Å². The molecule has 1 rings (SSSR count). The predicted octanol–water partition coefficient (Wildman–Crippen LogP) is 2.82. The zero-order chi connectivity index (χ0) is 14.0. The first-order chi connectivity index (χ1) is 8.16. The maximum atomic E-state index is 12.7. The van der Waals surface area contributed by atoms with Gasteiger partial charge in [0.25, 0.3) is 0 Å². The van der Waals surface area contributed by atoms with Crippen LogP contribution >= 0.6 is 0 Å². The molecular formula is C15H29NO2. The maximum Gasteiger partial charge on any atom is 0.228 e. The normalized spacial score (nSPS) is 19.3. The molecule has 1 aliphatic rings. The molecule has 0 unspecified atom stereocenters. The van der Waals surface area contributed by atoms with Crippen LogP contribution < -0.4 is 0 Å². The van der Waals surface area contributed by atoms with Crippen LogP contribution in [0.25, 0.3) is 0 Å². The first-order valence-electron chi connectivity index (χ1n) is 7.14. The minimum atomic E-state index is -0.817. The monoisotopic (exact) mass is 255 g/mol. The highest BCUT2D eigenvalue weighted by molar-refractivity contribution is 5.83. The van der Waals surface area contributed by atoms with Crippen molar-refractivity contribution in [2.45, 2.75) is 65.4 Å². The second kappa shape index (κ2) is 5.60. The van der Waals surface area contributed by atoms with E-state index in [0.717, 1.165) is 32.1 Å². The molecule has 1 fully saturated rings. The first kappa shape index (κ1) is 15.5. The molecule has 106 valence electrons. The number of hydrogen-bond donors (Lipinski definition) is 1. The Balaban J connectivity index is 2.77. The van der Waals surface area contributed by atoms with E-state index in [9.17, 15) is 9.90 Å². The molecule has 1 amide bonds. The van der Waals surface area contributed by atoms with E-state index in [4.69, 9.17) is 0 Å². The van der Waals surface area contributed by atoms with Crippen LogP contribution in [0.3, 0.4) is 0 Å². The van der Waals surface area contributed by atoms with Crippen molar-refractivity contribution < 1.29 is 9.90 Å². The summed E-state index contributed by atoms with van der Waals surface area (Å²) in [6, 6.07) is 0. The zero-order valence-electron chi connectivity index (χ0n) is 12.6. The molecule has 0 aliphatic heterocycles. The van der Waals surface area contributed by atoms with Crippen molar-refractivity contribution in [3.05, 3.63) is 0 Å². The van der Waals surface area contributed by atoms with E-state index in [1.165, 1.54) is 0 Å². The molecule has 0 atom stereocenters. The van der Waals surface area contributed by atoms with Gasteiger partial charge >= 0.3 is 0 Å². The Labute approximate surface area is 112 Å². The summed E-state index contributed by atoms with van der Waals surface area (Å²) in [6.07, 6.45) is 5.33. The van der Waals surface area contributed by atoms with E-state index < -0.39 is 5.60 Å². The van der Waals surface area contributed by atoms with Gasteiger partial charge < -0.3 is 10.0 Å². The number of hydrogen-bond acceptors (Lipinski definition) is 2. The Hall–Kier alpha value is -0.570. The quantitative estimate of drug-likeness (QED) is 0.820. The number of nitrogens with zero attached hydrogens (tertiary/aromatic N) is 1.